The summed E-state index contributed by atoms with van der Waals surface area (Å²) >= 11 is 0. The summed E-state index contributed by atoms with van der Waals surface area (Å²) in [6, 6.07) is 13.9. The first-order valence-electron chi connectivity index (χ1n) is 12.4. The van der Waals surface area contributed by atoms with Crippen molar-refractivity contribution in [3.63, 3.8) is 0 Å². The molecule has 2 aromatic rings. The van der Waals surface area contributed by atoms with E-state index in [9.17, 15) is 29.1 Å². The molecule has 0 spiro atoms. The highest BCUT2D eigenvalue weighted by atomic mass is 16.5. The van der Waals surface area contributed by atoms with Crippen LogP contribution >= 0.6 is 0 Å². The molecule has 39 heavy (non-hydrogen) atoms. The maximum absolute atomic E-state index is 13.5. The Kier molecular flexibility index (Phi) is 10.1. The molecule has 11 nitrogen and oxygen atoms in total. The number of carboxylic acid groups (broad SMARTS) is 1. The van der Waals surface area contributed by atoms with E-state index < -0.39 is 42.4 Å². The van der Waals surface area contributed by atoms with Crippen molar-refractivity contribution < 1.29 is 33.8 Å². The highest BCUT2D eigenvalue weighted by Crippen LogP contribution is 2.44. The van der Waals surface area contributed by atoms with Crippen molar-refractivity contribution in [2.24, 2.45) is 0 Å². The highest BCUT2D eigenvalue weighted by molar-refractivity contribution is 5.89. The molecule has 0 bridgehead atoms. The third-order valence-corrected chi connectivity index (χ3v) is 6.27. The lowest BCUT2D eigenvalue weighted by molar-refractivity contribution is -0.153. The van der Waals surface area contributed by atoms with Gasteiger partial charge < -0.3 is 24.3 Å². The molecule has 2 amide bonds. The van der Waals surface area contributed by atoms with Gasteiger partial charge in [0.05, 0.1) is 12.1 Å². The topological polar surface area (TPSA) is 154 Å². The largest absolute Gasteiger partial charge is 0.479 e. The molecule has 3 rings (SSSR count). The monoisotopic (exact) mass is 536 g/mol. The Morgan fingerprint density at radius 3 is 2.03 bits per heavy atom. The third kappa shape index (κ3) is 6.95. The van der Waals surface area contributed by atoms with Crippen molar-refractivity contribution in [3.8, 4) is 11.1 Å². The van der Waals surface area contributed by atoms with E-state index in [1.807, 2.05) is 48.5 Å². The number of carboxylic acids is 1. The number of rotatable bonds is 14. The van der Waals surface area contributed by atoms with Crippen molar-refractivity contribution in [1.29, 1.82) is 0 Å². The first-order chi connectivity index (χ1) is 18.7. The minimum atomic E-state index is -1.61. The van der Waals surface area contributed by atoms with Gasteiger partial charge in [-0.15, -0.1) is 6.58 Å². The number of fused-ring (bicyclic) bond motifs is 3. The van der Waals surface area contributed by atoms with E-state index in [1.54, 1.807) is 0 Å². The molecule has 0 saturated heterocycles. The number of amides is 2. The fourth-order valence-corrected chi connectivity index (χ4v) is 4.45. The van der Waals surface area contributed by atoms with Crippen molar-refractivity contribution in [3.05, 3.63) is 72.3 Å². The van der Waals surface area contributed by atoms with E-state index in [4.69, 9.17) is 4.74 Å². The van der Waals surface area contributed by atoms with Crippen LogP contribution in [0.25, 0.3) is 11.1 Å². The van der Waals surface area contributed by atoms with E-state index in [0.717, 1.165) is 27.2 Å². The van der Waals surface area contributed by atoms with E-state index >= 15 is 0 Å². The minimum absolute atomic E-state index is 0.0173. The summed E-state index contributed by atoms with van der Waals surface area (Å²) in [7, 11) is 0. The summed E-state index contributed by atoms with van der Waals surface area (Å²) in [6.45, 7) is 6.21. The van der Waals surface area contributed by atoms with Gasteiger partial charge in [-0.3, -0.25) is 20.7 Å². The van der Waals surface area contributed by atoms with Crippen LogP contribution in [0.2, 0.25) is 0 Å². The second kappa shape index (κ2) is 13.4. The summed E-state index contributed by atoms with van der Waals surface area (Å²) in [5.41, 5.74) is 4.11. The molecular weight excluding hydrogens is 504 g/mol. The quantitative estimate of drug-likeness (QED) is 0.160. The van der Waals surface area contributed by atoms with Crippen LogP contribution in [-0.4, -0.2) is 78.1 Å². The summed E-state index contributed by atoms with van der Waals surface area (Å²) in [5, 5.41) is 17.3. The molecule has 0 saturated carbocycles. The molecule has 4 N–H and O–H groups in total. The number of carbonyl (C=O) groups excluding carboxylic acids is 4. The fourth-order valence-electron chi connectivity index (χ4n) is 4.45. The van der Waals surface area contributed by atoms with Gasteiger partial charge >= 0.3 is 12.1 Å². The van der Waals surface area contributed by atoms with E-state index in [-0.39, 0.29) is 19.1 Å². The van der Waals surface area contributed by atoms with Crippen molar-refractivity contribution in [1.82, 2.24) is 20.9 Å². The van der Waals surface area contributed by atoms with Crippen molar-refractivity contribution in [2.75, 3.05) is 13.2 Å². The average Bonchev–Trinajstić information content (AvgIpc) is 3.26. The van der Waals surface area contributed by atoms with Gasteiger partial charge in [-0.25, -0.2) is 9.59 Å². The maximum Gasteiger partial charge on any atom is 0.408 e. The van der Waals surface area contributed by atoms with E-state index in [1.165, 1.54) is 19.9 Å². The molecule has 0 aromatic heterocycles. The summed E-state index contributed by atoms with van der Waals surface area (Å²) in [4.78, 5) is 61.6. The standard InChI is InChI=1S/C28H32N4O7/c1-4-13-32(25(27(36)37)30-18(3)15-34)26(35)24(29-17(2)14-33)31-28(38)39-16-23-21-11-7-5-9-19(21)20-10-6-8-12-22(20)23/h4-12,14-15,17-18,23-25,29-30H,1,13,16H2,2-3H3,(H,31,38)(H,36,37)/t17-,18-,24+,25-/m0/s1. The zero-order chi connectivity index (χ0) is 28.5. The number of carbonyl (C=O) groups is 5. The van der Waals surface area contributed by atoms with Gasteiger partial charge in [0.2, 0.25) is 0 Å². The fraction of sp³-hybridized carbons (Fsp3) is 0.321. The van der Waals surface area contributed by atoms with Gasteiger partial charge in [0, 0.05) is 12.5 Å². The zero-order valence-corrected chi connectivity index (χ0v) is 21.7. The number of hydrogen-bond donors (Lipinski definition) is 4. The predicted molar refractivity (Wildman–Crippen MR) is 143 cm³/mol. The van der Waals surface area contributed by atoms with Gasteiger partial charge in [-0.05, 0) is 36.1 Å². The molecule has 4 atom stereocenters. The molecule has 0 fully saturated rings. The Labute approximate surface area is 226 Å². The highest BCUT2D eigenvalue weighted by Gasteiger charge is 2.36. The number of alkyl carbamates (subject to hydrolysis) is 1. The van der Waals surface area contributed by atoms with Crippen molar-refractivity contribution >= 4 is 30.5 Å². The molecular formula is C28H32N4O7. The Bertz CT molecular complexity index is 1190. The second-order valence-corrected chi connectivity index (χ2v) is 9.11. The Morgan fingerprint density at radius 1 is 0.974 bits per heavy atom. The van der Waals surface area contributed by atoms with Gasteiger partial charge in [-0.2, -0.15) is 0 Å². The summed E-state index contributed by atoms with van der Waals surface area (Å²) in [6.07, 6.45) is -1.76. The van der Waals surface area contributed by atoms with Crippen LogP contribution in [0.5, 0.6) is 0 Å². The molecule has 11 heteroatoms. The van der Waals surface area contributed by atoms with Crippen LogP contribution in [0.1, 0.15) is 30.9 Å². The van der Waals surface area contributed by atoms with Crippen LogP contribution in [0, 0.1) is 0 Å². The normalized spacial score (nSPS) is 15.0. The van der Waals surface area contributed by atoms with Gasteiger partial charge in [0.25, 0.3) is 5.91 Å². The number of ether oxygens (including phenoxy) is 1. The van der Waals surface area contributed by atoms with Gasteiger partial charge in [-0.1, -0.05) is 54.6 Å². The average molecular weight is 537 g/mol. The third-order valence-electron chi connectivity index (χ3n) is 6.27. The van der Waals surface area contributed by atoms with Gasteiger partial charge in [0.1, 0.15) is 19.2 Å². The number of nitrogens with zero attached hydrogens (tertiary/aromatic N) is 1. The van der Waals surface area contributed by atoms with Crippen molar-refractivity contribution in [2.45, 2.75) is 44.2 Å². The summed E-state index contributed by atoms with van der Waals surface area (Å²) in [5.74, 6) is -2.53. The molecule has 2 aromatic carbocycles. The Morgan fingerprint density at radius 2 is 1.51 bits per heavy atom. The first-order valence-corrected chi connectivity index (χ1v) is 12.4. The number of benzene rings is 2. The lowest BCUT2D eigenvalue weighted by Gasteiger charge is -2.33. The molecule has 0 radical (unpaired) electrons. The first kappa shape index (κ1) is 29.2. The molecule has 0 unspecified atom stereocenters. The van der Waals surface area contributed by atoms with Gasteiger partial charge in [0.15, 0.2) is 12.3 Å². The number of hydrogen-bond acceptors (Lipinski definition) is 8. The number of aliphatic carboxylic acids is 1. The maximum atomic E-state index is 13.5. The molecule has 1 aliphatic carbocycles. The predicted octanol–water partition coefficient (Wildman–Crippen LogP) is 1.63. The SMILES string of the molecule is C=CCN(C(=O)[C@@H](NC(=O)OCC1c2ccccc2-c2ccccc21)N[C@@H](C)C=O)[C@H](N[C@@H](C)C=O)C(=O)O. The second-order valence-electron chi connectivity index (χ2n) is 9.11. The van der Waals surface area contributed by atoms with Crippen LogP contribution < -0.4 is 16.0 Å². The van der Waals surface area contributed by atoms with E-state index in [0.29, 0.717) is 12.6 Å². The van der Waals surface area contributed by atoms with E-state index in [2.05, 4.69) is 22.5 Å². The zero-order valence-electron chi connectivity index (χ0n) is 21.7. The lowest BCUT2D eigenvalue weighted by Crippen LogP contribution is -2.64. The Balaban J connectivity index is 1.79. The minimum Gasteiger partial charge on any atom is -0.479 e. The molecule has 0 aliphatic heterocycles. The summed E-state index contributed by atoms with van der Waals surface area (Å²) < 4.78 is 5.52. The number of aldehydes is 2. The van der Waals surface area contributed by atoms with Crippen LogP contribution in [0.3, 0.4) is 0 Å². The molecule has 0 heterocycles. The molecule has 206 valence electrons. The number of nitrogens with one attached hydrogen (secondary N) is 3. The Hall–Kier alpha value is -4.35. The van der Waals surface area contributed by atoms with Crippen LogP contribution in [0.4, 0.5) is 4.79 Å². The smallest absolute Gasteiger partial charge is 0.408 e. The van der Waals surface area contributed by atoms with Crippen LogP contribution in [-0.2, 0) is 23.9 Å². The molecule has 1 aliphatic rings. The lowest BCUT2D eigenvalue weighted by atomic mass is 9.98. The van der Waals surface area contributed by atoms with Crippen LogP contribution in [0.15, 0.2) is 61.2 Å².